The highest BCUT2D eigenvalue weighted by Crippen LogP contribution is 2.30. The van der Waals surface area contributed by atoms with Crippen LogP contribution in [0.25, 0.3) is 0 Å². The lowest BCUT2D eigenvalue weighted by Crippen LogP contribution is -2.47. The first-order chi connectivity index (χ1) is 6.98. The second-order valence-electron chi connectivity index (χ2n) is 5.10. The minimum absolute atomic E-state index is 0.00613. The Morgan fingerprint density at radius 2 is 1.87 bits per heavy atom. The lowest BCUT2D eigenvalue weighted by molar-refractivity contribution is -0.117. The van der Waals surface area contributed by atoms with Crippen LogP contribution >= 0.6 is 0 Å². The van der Waals surface area contributed by atoms with Crippen molar-refractivity contribution in [2.45, 2.75) is 32.7 Å². The van der Waals surface area contributed by atoms with Crippen molar-refractivity contribution in [3.8, 4) is 0 Å². The predicted molar refractivity (Wildman–Crippen MR) is 62.3 cm³/mol. The van der Waals surface area contributed by atoms with Gasteiger partial charge in [0.2, 0.25) is 0 Å². The zero-order chi connectivity index (χ0) is 11.1. The van der Waals surface area contributed by atoms with E-state index in [-0.39, 0.29) is 5.54 Å². The van der Waals surface area contributed by atoms with Crippen molar-refractivity contribution >= 4 is 11.5 Å². The third kappa shape index (κ3) is 1.89. The minimum atomic E-state index is 0.00613. The van der Waals surface area contributed by atoms with Crippen LogP contribution in [-0.4, -0.2) is 17.9 Å². The van der Waals surface area contributed by atoms with Gasteiger partial charge in [-0.05, 0) is 32.4 Å². The number of Topliss-reactive ketones (excluding diaryl/α,β-unsaturated/α-hetero) is 1. The van der Waals surface area contributed by atoms with E-state index in [1.54, 1.807) is 0 Å². The molecule has 1 heterocycles. The number of ketones is 1. The molecule has 1 aliphatic heterocycles. The number of hydrogen-bond acceptors (Lipinski definition) is 2. The van der Waals surface area contributed by atoms with Gasteiger partial charge in [-0.1, -0.05) is 18.2 Å². The maximum Gasteiger partial charge on any atom is 0.156 e. The molecule has 2 rings (SSSR count). The maximum atomic E-state index is 11.6. The van der Waals surface area contributed by atoms with Crippen molar-refractivity contribution in [2.75, 3.05) is 11.4 Å². The normalized spacial score (nSPS) is 16.5. The number of nitrogens with zero attached hydrogens (tertiary/aromatic N) is 1. The molecule has 1 aromatic carbocycles. The van der Waals surface area contributed by atoms with Crippen LogP contribution in [0, 0.1) is 0 Å². The quantitative estimate of drug-likeness (QED) is 0.645. The van der Waals surface area contributed by atoms with E-state index >= 15 is 0 Å². The first-order valence-corrected chi connectivity index (χ1v) is 5.36. The summed E-state index contributed by atoms with van der Waals surface area (Å²) in [4.78, 5) is 13.8. The molecule has 0 amide bonds. The zero-order valence-electron chi connectivity index (χ0n) is 9.58. The molecular weight excluding hydrogens is 186 g/mol. The molecule has 0 saturated carbocycles. The van der Waals surface area contributed by atoms with Gasteiger partial charge in [0.05, 0.1) is 6.54 Å². The number of para-hydroxylation sites is 1. The smallest absolute Gasteiger partial charge is 0.156 e. The Morgan fingerprint density at radius 3 is 2.53 bits per heavy atom. The molecule has 0 fully saturated rings. The number of rotatable bonds is 0. The highest BCUT2D eigenvalue weighted by Gasteiger charge is 2.29. The number of anilines is 1. The number of carbonyl (C=O) groups excluding carboxylic acids is 1. The first kappa shape index (κ1) is 10.2. The minimum Gasteiger partial charge on any atom is -0.359 e. The van der Waals surface area contributed by atoms with E-state index in [9.17, 15) is 4.79 Å². The van der Waals surface area contributed by atoms with Gasteiger partial charge in [-0.2, -0.15) is 0 Å². The van der Waals surface area contributed by atoms with E-state index in [0.29, 0.717) is 18.7 Å². The van der Waals surface area contributed by atoms with Gasteiger partial charge in [0.15, 0.2) is 5.78 Å². The second-order valence-corrected chi connectivity index (χ2v) is 5.10. The molecule has 80 valence electrons. The van der Waals surface area contributed by atoms with Crippen LogP contribution in [0.2, 0.25) is 0 Å². The van der Waals surface area contributed by atoms with Crippen molar-refractivity contribution in [3.63, 3.8) is 0 Å². The molecule has 2 nitrogen and oxygen atoms in total. The summed E-state index contributed by atoms with van der Waals surface area (Å²) in [5.41, 5.74) is 2.37. The third-order valence-electron chi connectivity index (χ3n) is 2.81. The molecule has 1 aliphatic rings. The lowest BCUT2D eigenvalue weighted by Gasteiger charge is -2.40. The van der Waals surface area contributed by atoms with Gasteiger partial charge in [0.25, 0.3) is 0 Å². The number of fused-ring (bicyclic) bond motifs is 1. The highest BCUT2D eigenvalue weighted by molar-refractivity contribution is 5.90. The van der Waals surface area contributed by atoms with Crippen LogP contribution in [-0.2, 0) is 11.2 Å². The standard InChI is InChI=1S/C13H17NO/c1-13(2,3)14-9-11(15)8-10-6-4-5-7-12(10)14/h4-7H,8-9H2,1-3H3. The molecule has 0 atom stereocenters. The van der Waals surface area contributed by atoms with E-state index in [0.717, 1.165) is 5.56 Å². The molecule has 15 heavy (non-hydrogen) atoms. The molecule has 0 aliphatic carbocycles. The van der Waals surface area contributed by atoms with Crippen molar-refractivity contribution in [1.82, 2.24) is 0 Å². The zero-order valence-corrected chi connectivity index (χ0v) is 9.58. The summed E-state index contributed by atoms with van der Waals surface area (Å²) in [7, 11) is 0. The molecule has 1 aromatic rings. The predicted octanol–water partition coefficient (Wildman–Crippen LogP) is 2.42. The Hall–Kier alpha value is -1.31. The van der Waals surface area contributed by atoms with Crippen molar-refractivity contribution in [1.29, 1.82) is 0 Å². The molecule has 0 N–H and O–H groups in total. The van der Waals surface area contributed by atoms with Gasteiger partial charge < -0.3 is 4.90 Å². The summed E-state index contributed by atoms with van der Waals surface area (Å²) in [6.07, 6.45) is 0.586. The number of hydrogen-bond donors (Lipinski definition) is 0. The monoisotopic (exact) mass is 203 g/mol. The fraction of sp³-hybridized carbons (Fsp3) is 0.462. The van der Waals surface area contributed by atoms with Crippen LogP contribution < -0.4 is 4.90 Å². The Bertz CT molecular complexity index is 390. The van der Waals surface area contributed by atoms with Gasteiger partial charge in [0, 0.05) is 17.6 Å². The fourth-order valence-corrected chi connectivity index (χ4v) is 2.05. The lowest BCUT2D eigenvalue weighted by atomic mass is 9.95. The third-order valence-corrected chi connectivity index (χ3v) is 2.81. The first-order valence-electron chi connectivity index (χ1n) is 5.36. The van der Waals surface area contributed by atoms with Gasteiger partial charge in [-0.3, -0.25) is 4.79 Å². The molecule has 0 saturated heterocycles. The Morgan fingerprint density at radius 1 is 1.20 bits per heavy atom. The Balaban J connectivity index is 2.47. The van der Waals surface area contributed by atoms with E-state index < -0.39 is 0 Å². The highest BCUT2D eigenvalue weighted by atomic mass is 16.1. The molecule has 2 heteroatoms. The molecule has 0 bridgehead atoms. The van der Waals surface area contributed by atoms with Crippen LogP contribution in [0.1, 0.15) is 26.3 Å². The topological polar surface area (TPSA) is 20.3 Å². The van der Waals surface area contributed by atoms with Gasteiger partial charge in [-0.25, -0.2) is 0 Å². The summed E-state index contributed by atoms with van der Waals surface area (Å²) in [6.45, 7) is 6.97. The van der Waals surface area contributed by atoms with Crippen LogP contribution in [0.3, 0.4) is 0 Å². The molecule has 0 radical (unpaired) electrons. The molecule has 0 spiro atoms. The summed E-state index contributed by atoms with van der Waals surface area (Å²) in [6, 6.07) is 8.18. The average molecular weight is 203 g/mol. The summed E-state index contributed by atoms with van der Waals surface area (Å²) in [5, 5.41) is 0. The Kier molecular flexibility index (Phi) is 2.29. The van der Waals surface area contributed by atoms with Gasteiger partial charge in [0.1, 0.15) is 0 Å². The fourth-order valence-electron chi connectivity index (χ4n) is 2.05. The molecular formula is C13H17NO. The summed E-state index contributed by atoms with van der Waals surface area (Å²) < 4.78 is 0. The van der Waals surface area contributed by atoms with Crippen molar-refractivity contribution in [2.24, 2.45) is 0 Å². The van der Waals surface area contributed by atoms with Crippen LogP contribution in [0.5, 0.6) is 0 Å². The number of benzene rings is 1. The van der Waals surface area contributed by atoms with Crippen molar-refractivity contribution in [3.05, 3.63) is 29.8 Å². The SMILES string of the molecule is CC(C)(C)N1CC(=O)Cc2ccccc21. The van der Waals surface area contributed by atoms with E-state index in [2.05, 4.69) is 31.7 Å². The van der Waals surface area contributed by atoms with Gasteiger partial charge >= 0.3 is 0 Å². The van der Waals surface area contributed by atoms with Gasteiger partial charge in [-0.15, -0.1) is 0 Å². The van der Waals surface area contributed by atoms with E-state index in [1.165, 1.54) is 5.69 Å². The second kappa shape index (κ2) is 3.37. The summed E-state index contributed by atoms with van der Waals surface area (Å²) in [5.74, 6) is 0.309. The van der Waals surface area contributed by atoms with E-state index in [1.807, 2.05) is 18.2 Å². The summed E-state index contributed by atoms with van der Waals surface area (Å²) >= 11 is 0. The molecule has 0 aromatic heterocycles. The average Bonchev–Trinajstić information content (AvgIpc) is 2.15. The van der Waals surface area contributed by atoms with Crippen LogP contribution in [0.4, 0.5) is 5.69 Å². The largest absolute Gasteiger partial charge is 0.359 e. The number of carbonyl (C=O) groups is 1. The molecule has 0 unspecified atom stereocenters. The Labute approximate surface area is 90.9 Å². The van der Waals surface area contributed by atoms with E-state index in [4.69, 9.17) is 0 Å². The van der Waals surface area contributed by atoms with Crippen LogP contribution in [0.15, 0.2) is 24.3 Å². The maximum absolute atomic E-state index is 11.6. The van der Waals surface area contributed by atoms with Crippen molar-refractivity contribution < 1.29 is 4.79 Å².